The summed E-state index contributed by atoms with van der Waals surface area (Å²) in [5.74, 6) is 0.915. The molecule has 4 heteroatoms. The first kappa shape index (κ1) is 15.4. The lowest BCUT2D eigenvalue weighted by Crippen LogP contribution is -2.24. The molecule has 0 aliphatic carbocycles. The molecule has 0 saturated carbocycles. The van der Waals surface area contributed by atoms with Gasteiger partial charge in [-0.15, -0.1) is 0 Å². The third kappa shape index (κ3) is 4.26. The quantitative estimate of drug-likeness (QED) is 0.847. The fourth-order valence-electron chi connectivity index (χ4n) is 2.25. The average Bonchev–Trinajstić information content (AvgIpc) is 2.50. The molecule has 4 nitrogen and oxygen atoms in total. The summed E-state index contributed by atoms with van der Waals surface area (Å²) in [5.41, 5.74) is 2.23. The lowest BCUT2D eigenvalue weighted by atomic mass is 9.99. The van der Waals surface area contributed by atoms with Crippen molar-refractivity contribution in [2.24, 2.45) is 0 Å². The topological polar surface area (TPSA) is 47.0 Å². The zero-order valence-electron chi connectivity index (χ0n) is 12.9. The van der Waals surface area contributed by atoms with E-state index >= 15 is 0 Å². The zero-order chi connectivity index (χ0) is 15.1. The maximum Gasteiger partial charge on any atom is 0.124 e. The van der Waals surface area contributed by atoms with Crippen LogP contribution in [0.2, 0.25) is 0 Å². The van der Waals surface area contributed by atoms with E-state index in [0.29, 0.717) is 0 Å². The molecule has 1 aromatic carbocycles. The Morgan fingerprint density at radius 1 is 1.14 bits per heavy atom. The third-order valence-corrected chi connectivity index (χ3v) is 3.13. The summed E-state index contributed by atoms with van der Waals surface area (Å²) in [7, 11) is 0. The van der Waals surface area contributed by atoms with Crippen LogP contribution in [-0.4, -0.2) is 22.8 Å². The Morgan fingerprint density at radius 2 is 1.95 bits per heavy atom. The van der Waals surface area contributed by atoms with E-state index in [-0.39, 0.29) is 12.1 Å². The first-order valence-corrected chi connectivity index (χ1v) is 7.48. The molecule has 2 aromatic rings. The summed E-state index contributed by atoms with van der Waals surface area (Å²) < 4.78 is 5.95. The van der Waals surface area contributed by atoms with Crippen LogP contribution in [0.1, 0.15) is 44.4 Å². The smallest absolute Gasteiger partial charge is 0.124 e. The average molecular weight is 285 g/mol. The first-order chi connectivity index (χ1) is 10.2. The van der Waals surface area contributed by atoms with Crippen molar-refractivity contribution in [1.82, 2.24) is 15.5 Å². The van der Waals surface area contributed by atoms with Crippen molar-refractivity contribution < 1.29 is 4.74 Å². The molecule has 0 fully saturated rings. The van der Waals surface area contributed by atoms with Crippen LogP contribution in [0.4, 0.5) is 0 Å². The van der Waals surface area contributed by atoms with Gasteiger partial charge >= 0.3 is 0 Å². The molecule has 0 bridgehead atoms. The Hall–Kier alpha value is -1.94. The second-order valence-electron chi connectivity index (χ2n) is 5.27. The predicted molar refractivity (Wildman–Crippen MR) is 84.4 cm³/mol. The van der Waals surface area contributed by atoms with Gasteiger partial charge in [0, 0.05) is 11.8 Å². The number of nitrogens with zero attached hydrogens (tertiary/aromatic N) is 2. The summed E-state index contributed by atoms with van der Waals surface area (Å²) >= 11 is 0. The summed E-state index contributed by atoms with van der Waals surface area (Å²) in [6, 6.07) is 10.2. The molecule has 1 N–H and O–H groups in total. The summed E-state index contributed by atoms with van der Waals surface area (Å²) in [6.45, 7) is 7.17. The molecule has 21 heavy (non-hydrogen) atoms. The van der Waals surface area contributed by atoms with Crippen LogP contribution in [0.15, 0.2) is 42.7 Å². The van der Waals surface area contributed by atoms with Crippen LogP contribution in [0.5, 0.6) is 5.75 Å². The van der Waals surface area contributed by atoms with Crippen LogP contribution in [0, 0.1) is 0 Å². The number of hydrogen-bond donors (Lipinski definition) is 1. The van der Waals surface area contributed by atoms with Crippen molar-refractivity contribution in [3.05, 3.63) is 53.9 Å². The number of aromatic nitrogens is 2. The molecule has 0 amide bonds. The van der Waals surface area contributed by atoms with E-state index in [4.69, 9.17) is 4.74 Å². The summed E-state index contributed by atoms with van der Waals surface area (Å²) in [6.07, 6.45) is 4.75. The normalized spacial score (nSPS) is 12.4. The van der Waals surface area contributed by atoms with Gasteiger partial charge in [-0.25, -0.2) is 0 Å². The Labute approximate surface area is 126 Å². The highest BCUT2D eigenvalue weighted by Crippen LogP contribution is 2.30. The highest BCUT2D eigenvalue weighted by Gasteiger charge is 2.18. The third-order valence-electron chi connectivity index (χ3n) is 3.13. The van der Waals surface area contributed by atoms with Gasteiger partial charge in [-0.1, -0.05) is 25.1 Å². The second kappa shape index (κ2) is 7.74. The van der Waals surface area contributed by atoms with Gasteiger partial charge in [0.2, 0.25) is 0 Å². The highest BCUT2D eigenvalue weighted by atomic mass is 16.5. The highest BCUT2D eigenvalue weighted by molar-refractivity contribution is 5.40. The van der Waals surface area contributed by atoms with Crippen LogP contribution >= 0.6 is 0 Å². The number of hydrogen-bond acceptors (Lipinski definition) is 4. The lowest BCUT2D eigenvalue weighted by molar-refractivity contribution is 0.238. The zero-order valence-corrected chi connectivity index (χ0v) is 12.9. The van der Waals surface area contributed by atoms with E-state index < -0.39 is 0 Å². The van der Waals surface area contributed by atoms with Gasteiger partial charge in [0.15, 0.2) is 0 Å². The molecule has 0 spiro atoms. The van der Waals surface area contributed by atoms with Crippen LogP contribution in [0.25, 0.3) is 0 Å². The van der Waals surface area contributed by atoms with E-state index in [1.807, 2.05) is 38.1 Å². The van der Waals surface area contributed by atoms with Gasteiger partial charge in [0.25, 0.3) is 0 Å². The molecule has 1 unspecified atom stereocenters. The minimum Gasteiger partial charge on any atom is -0.491 e. The van der Waals surface area contributed by atoms with Crippen molar-refractivity contribution in [1.29, 1.82) is 0 Å². The number of benzene rings is 1. The van der Waals surface area contributed by atoms with E-state index in [2.05, 4.69) is 28.5 Å². The van der Waals surface area contributed by atoms with Crippen molar-refractivity contribution in [3.8, 4) is 5.75 Å². The molecule has 0 radical (unpaired) electrons. The fraction of sp³-hybridized carbons (Fsp3) is 0.412. The van der Waals surface area contributed by atoms with Crippen molar-refractivity contribution >= 4 is 0 Å². The SMILES string of the molecule is CCCNC(c1ccnnc1)c1ccccc1OC(C)C. The Morgan fingerprint density at radius 3 is 2.62 bits per heavy atom. The molecule has 0 aliphatic rings. The number of rotatable bonds is 7. The maximum absolute atomic E-state index is 5.95. The maximum atomic E-state index is 5.95. The monoisotopic (exact) mass is 285 g/mol. The molecular formula is C17H23N3O. The van der Waals surface area contributed by atoms with Gasteiger partial charge in [-0.05, 0) is 44.5 Å². The van der Waals surface area contributed by atoms with E-state index in [0.717, 1.165) is 29.8 Å². The minimum absolute atomic E-state index is 0.0652. The van der Waals surface area contributed by atoms with E-state index in [1.54, 1.807) is 12.4 Å². The van der Waals surface area contributed by atoms with Gasteiger partial charge < -0.3 is 10.1 Å². The molecule has 1 aromatic heterocycles. The first-order valence-electron chi connectivity index (χ1n) is 7.48. The van der Waals surface area contributed by atoms with Crippen molar-refractivity contribution in [2.45, 2.75) is 39.3 Å². The lowest BCUT2D eigenvalue weighted by Gasteiger charge is -2.23. The van der Waals surface area contributed by atoms with E-state index in [1.165, 1.54) is 0 Å². The Balaban J connectivity index is 2.37. The molecular weight excluding hydrogens is 262 g/mol. The van der Waals surface area contributed by atoms with Gasteiger partial charge in [0.05, 0.1) is 18.3 Å². The largest absolute Gasteiger partial charge is 0.491 e. The van der Waals surface area contributed by atoms with Gasteiger partial charge in [0.1, 0.15) is 5.75 Å². The Bertz CT molecular complexity index is 543. The van der Waals surface area contributed by atoms with E-state index in [9.17, 15) is 0 Å². The molecule has 1 heterocycles. The molecule has 0 aliphatic heterocycles. The molecule has 1 atom stereocenters. The summed E-state index contributed by atoms with van der Waals surface area (Å²) in [5, 5.41) is 11.4. The fourth-order valence-corrected chi connectivity index (χ4v) is 2.25. The van der Waals surface area contributed by atoms with Crippen LogP contribution in [0.3, 0.4) is 0 Å². The van der Waals surface area contributed by atoms with Gasteiger partial charge in [-0.3, -0.25) is 0 Å². The van der Waals surface area contributed by atoms with Crippen molar-refractivity contribution in [2.75, 3.05) is 6.54 Å². The predicted octanol–water partition coefficient (Wildman–Crippen LogP) is 3.35. The Kier molecular flexibility index (Phi) is 5.69. The standard InChI is InChI=1S/C17H23N3O/c1-4-10-18-17(14-9-11-19-20-12-14)15-7-5-6-8-16(15)21-13(2)3/h5-9,11-13,17-18H,4,10H2,1-3H3. The van der Waals surface area contributed by atoms with Gasteiger partial charge in [-0.2, -0.15) is 10.2 Å². The number of ether oxygens (including phenoxy) is 1. The number of nitrogens with one attached hydrogen (secondary N) is 1. The second-order valence-corrected chi connectivity index (χ2v) is 5.27. The number of para-hydroxylation sites is 1. The minimum atomic E-state index is 0.0652. The molecule has 0 saturated heterocycles. The molecule has 2 rings (SSSR count). The van der Waals surface area contributed by atoms with Crippen molar-refractivity contribution in [3.63, 3.8) is 0 Å². The molecule has 112 valence electrons. The summed E-state index contributed by atoms with van der Waals surface area (Å²) in [4.78, 5) is 0. The van der Waals surface area contributed by atoms with Crippen LogP contribution in [-0.2, 0) is 0 Å². The van der Waals surface area contributed by atoms with Crippen LogP contribution < -0.4 is 10.1 Å².